The van der Waals surface area contributed by atoms with Crippen LogP contribution in [0.3, 0.4) is 0 Å². The number of hydrogen-bond acceptors (Lipinski definition) is 3. The van der Waals surface area contributed by atoms with Crippen molar-refractivity contribution in [1.29, 1.82) is 0 Å². The molecule has 0 rings (SSSR count). The maximum absolute atomic E-state index is 5.92. The summed E-state index contributed by atoms with van der Waals surface area (Å²) in [4.78, 5) is 0. The second kappa shape index (κ2) is 18.0. The topological polar surface area (TPSA) is 27.7 Å². The van der Waals surface area contributed by atoms with Crippen molar-refractivity contribution in [2.24, 2.45) is 0 Å². The fraction of sp³-hybridized carbons (Fsp3) is 0.900. The molecule has 0 saturated heterocycles. The predicted molar refractivity (Wildman–Crippen MR) is 98.8 cm³/mol. The van der Waals surface area contributed by atoms with Gasteiger partial charge in [0.2, 0.25) is 0 Å². The van der Waals surface area contributed by atoms with Gasteiger partial charge in [-0.2, -0.15) is 0 Å². The van der Waals surface area contributed by atoms with Crippen molar-refractivity contribution in [3.05, 3.63) is 12.7 Å². The first-order chi connectivity index (χ1) is 11.3. The van der Waals surface area contributed by atoms with Gasteiger partial charge in [-0.1, -0.05) is 64.4 Å². The van der Waals surface area contributed by atoms with Crippen LogP contribution in [-0.2, 0) is 14.2 Å². The summed E-state index contributed by atoms with van der Waals surface area (Å²) in [6.45, 7) is 7.00. The van der Waals surface area contributed by atoms with Gasteiger partial charge in [-0.3, -0.25) is 0 Å². The van der Waals surface area contributed by atoms with E-state index < -0.39 is 0 Å². The lowest BCUT2D eigenvalue weighted by Gasteiger charge is -2.15. The Balaban J connectivity index is 3.43. The van der Waals surface area contributed by atoms with Gasteiger partial charge in [-0.25, -0.2) is 0 Å². The lowest BCUT2D eigenvalue weighted by molar-refractivity contribution is -0.107. The summed E-state index contributed by atoms with van der Waals surface area (Å²) in [7, 11) is 3.38. The largest absolute Gasteiger partial charge is 0.374 e. The number of ether oxygens (including phenoxy) is 3. The zero-order valence-corrected chi connectivity index (χ0v) is 15.9. The molecular weight excluding hydrogens is 288 g/mol. The van der Waals surface area contributed by atoms with Gasteiger partial charge in [-0.15, -0.1) is 6.58 Å². The Morgan fingerprint density at radius 2 is 1.35 bits per heavy atom. The Morgan fingerprint density at radius 1 is 0.783 bits per heavy atom. The highest BCUT2D eigenvalue weighted by atomic mass is 16.7. The zero-order valence-electron chi connectivity index (χ0n) is 15.9. The molecule has 0 heterocycles. The smallest absolute Gasteiger partial charge is 0.156 e. The fourth-order valence-electron chi connectivity index (χ4n) is 2.73. The van der Waals surface area contributed by atoms with Gasteiger partial charge in [0.05, 0.1) is 6.10 Å². The molecule has 0 aromatic rings. The minimum Gasteiger partial charge on any atom is -0.374 e. The highest BCUT2D eigenvalue weighted by molar-refractivity contribution is 4.79. The summed E-state index contributed by atoms with van der Waals surface area (Å²) in [6, 6.07) is 0. The molecule has 0 radical (unpaired) electrons. The van der Waals surface area contributed by atoms with Crippen molar-refractivity contribution in [1.82, 2.24) is 0 Å². The van der Waals surface area contributed by atoms with Crippen LogP contribution in [0.1, 0.15) is 84.0 Å². The average molecular weight is 329 g/mol. The van der Waals surface area contributed by atoms with E-state index in [2.05, 4.69) is 13.5 Å². The van der Waals surface area contributed by atoms with Crippen molar-refractivity contribution in [3.63, 3.8) is 0 Å². The minimum atomic E-state index is -0.0610. The van der Waals surface area contributed by atoms with E-state index in [4.69, 9.17) is 14.2 Å². The Morgan fingerprint density at radius 3 is 1.96 bits per heavy atom. The molecule has 0 fully saturated rings. The number of hydrogen-bond donors (Lipinski definition) is 0. The van der Waals surface area contributed by atoms with E-state index in [0.717, 1.165) is 38.7 Å². The van der Waals surface area contributed by atoms with Gasteiger partial charge in [0, 0.05) is 20.8 Å². The SMILES string of the molecule is C=CC(CCCCCCCCC)OCCCCCC(OC)OC. The quantitative estimate of drug-likeness (QED) is 0.179. The van der Waals surface area contributed by atoms with E-state index in [0.29, 0.717) is 0 Å². The standard InChI is InChI=1S/C20H40O3/c1-5-7-8-9-10-11-13-16-19(6-2)23-18-15-12-14-17-20(21-3)22-4/h6,19-20H,2,5,7-18H2,1,3-4H3. The number of unbranched alkanes of at least 4 members (excludes halogenated alkanes) is 8. The van der Waals surface area contributed by atoms with Gasteiger partial charge in [0.15, 0.2) is 6.29 Å². The van der Waals surface area contributed by atoms with E-state index in [-0.39, 0.29) is 12.4 Å². The molecule has 1 atom stereocenters. The Kier molecular flexibility index (Phi) is 17.7. The fourth-order valence-corrected chi connectivity index (χ4v) is 2.73. The molecule has 1 unspecified atom stereocenters. The van der Waals surface area contributed by atoms with E-state index >= 15 is 0 Å². The highest BCUT2D eigenvalue weighted by Crippen LogP contribution is 2.13. The first-order valence-corrected chi connectivity index (χ1v) is 9.58. The molecule has 138 valence electrons. The molecule has 0 bridgehead atoms. The summed E-state index contributed by atoms with van der Waals surface area (Å²) < 4.78 is 16.3. The van der Waals surface area contributed by atoms with Crippen LogP contribution in [0.2, 0.25) is 0 Å². The van der Waals surface area contributed by atoms with Crippen LogP contribution in [0.15, 0.2) is 12.7 Å². The average Bonchev–Trinajstić information content (AvgIpc) is 2.58. The summed E-state index contributed by atoms with van der Waals surface area (Å²) in [5, 5.41) is 0. The zero-order chi connectivity index (χ0) is 17.2. The van der Waals surface area contributed by atoms with E-state index in [1.165, 1.54) is 44.9 Å². The first-order valence-electron chi connectivity index (χ1n) is 9.58. The highest BCUT2D eigenvalue weighted by Gasteiger charge is 2.06. The lowest BCUT2D eigenvalue weighted by Crippen LogP contribution is -2.13. The Bertz CT molecular complexity index is 239. The van der Waals surface area contributed by atoms with Crippen LogP contribution < -0.4 is 0 Å². The molecule has 0 aliphatic heterocycles. The minimum absolute atomic E-state index is 0.0610. The van der Waals surface area contributed by atoms with Crippen molar-refractivity contribution in [2.75, 3.05) is 20.8 Å². The number of rotatable bonds is 18. The molecule has 3 heteroatoms. The van der Waals surface area contributed by atoms with E-state index in [1.807, 2.05) is 6.08 Å². The Hall–Kier alpha value is -0.380. The summed E-state index contributed by atoms with van der Waals surface area (Å²) in [5.74, 6) is 0. The monoisotopic (exact) mass is 328 g/mol. The van der Waals surface area contributed by atoms with Gasteiger partial charge in [0.1, 0.15) is 0 Å². The molecule has 0 aliphatic rings. The molecule has 23 heavy (non-hydrogen) atoms. The maximum atomic E-state index is 5.92. The third-order valence-electron chi connectivity index (χ3n) is 4.30. The molecule has 0 aromatic heterocycles. The van der Waals surface area contributed by atoms with Crippen LogP contribution >= 0.6 is 0 Å². The summed E-state index contributed by atoms with van der Waals surface area (Å²) >= 11 is 0. The summed E-state index contributed by atoms with van der Waals surface area (Å²) in [5.41, 5.74) is 0. The number of methoxy groups -OCH3 is 2. The molecule has 0 saturated carbocycles. The normalized spacial score (nSPS) is 12.7. The van der Waals surface area contributed by atoms with Gasteiger partial charge in [0.25, 0.3) is 0 Å². The third kappa shape index (κ3) is 14.9. The van der Waals surface area contributed by atoms with Gasteiger partial charge < -0.3 is 14.2 Å². The van der Waals surface area contributed by atoms with Gasteiger partial charge >= 0.3 is 0 Å². The van der Waals surface area contributed by atoms with Gasteiger partial charge in [-0.05, 0) is 25.7 Å². The van der Waals surface area contributed by atoms with Crippen molar-refractivity contribution in [3.8, 4) is 0 Å². The van der Waals surface area contributed by atoms with Crippen molar-refractivity contribution >= 4 is 0 Å². The molecular formula is C20H40O3. The summed E-state index contributed by atoms with van der Waals surface area (Å²) in [6.07, 6.45) is 17.0. The second-order valence-corrected chi connectivity index (χ2v) is 6.31. The van der Waals surface area contributed by atoms with Crippen LogP contribution in [0, 0.1) is 0 Å². The van der Waals surface area contributed by atoms with E-state index in [1.54, 1.807) is 14.2 Å². The second-order valence-electron chi connectivity index (χ2n) is 6.31. The third-order valence-corrected chi connectivity index (χ3v) is 4.30. The lowest BCUT2D eigenvalue weighted by atomic mass is 10.1. The van der Waals surface area contributed by atoms with Crippen LogP contribution in [-0.4, -0.2) is 33.2 Å². The first kappa shape index (κ1) is 22.6. The molecule has 3 nitrogen and oxygen atoms in total. The molecule has 0 spiro atoms. The molecule has 0 amide bonds. The molecule has 0 N–H and O–H groups in total. The van der Waals surface area contributed by atoms with Crippen molar-refractivity contribution < 1.29 is 14.2 Å². The predicted octanol–water partition coefficient (Wildman–Crippen LogP) is 5.88. The van der Waals surface area contributed by atoms with Crippen LogP contribution in [0.5, 0.6) is 0 Å². The van der Waals surface area contributed by atoms with E-state index in [9.17, 15) is 0 Å². The van der Waals surface area contributed by atoms with Crippen molar-refractivity contribution in [2.45, 2.75) is 96.4 Å². The van der Waals surface area contributed by atoms with Crippen LogP contribution in [0.4, 0.5) is 0 Å². The molecule has 0 aliphatic carbocycles. The maximum Gasteiger partial charge on any atom is 0.156 e. The molecule has 0 aromatic carbocycles. The van der Waals surface area contributed by atoms with Crippen LogP contribution in [0.25, 0.3) is 0 Å². The Labute approximate surface area is 144 Å².